The molecule has 200 valence electrons. The van der Waals surface area contributed by atoms with E-state index in [2.05, 4.69) is 20.8 Å². The molecule has 2 aliphatic heterocycles. The van der Waals surface area contributed by atoms with E-state index in [0.29, 0.717) is 48.6 Å². The van der Waals surface area contributed by atoms with Gasteiger partial charge < -0.3 is 24.4 Å². The summed E-state index contributed by atoms with van der Waals surface area (Å²) in [5.41, 5.74) is 1.63. The molecule has 4 rings (SSSR count). The van der Waals surface area contributed by atoms with Crippen molar-refractivity contribution >= 4 is 62.5 Å². The van der Waals surface area contributed by atoms with Gasteiger partial charge in [-0.25, -0.2) is 4.79 Å². The molecule has 0 aliphatic carbocycles. The Hall–Kier alpha value is -3.51. The van der Waals surface area contributed by atoms with Crippen LogP contribution >= 0.6 is 27.7 Å². The smallest absolute Gasteiger partial charge is 0.341 e. The maximum atomic E-state index is 13.0. The lowest BCUT2D eigenvalue weighted by molar-refractivity contribution is -0.139. The highest BCUT2D eigenvalue weighted by Gasteiger charge is 2.37. The van der Waals surface area contributed by atoms with Crippen molar-refractivity contribution in [3.8, 4) is 11.5 Å². The van der Waals surface area contributed by atoms with Crippen molar-refractivity contribution in [1.82, 2.24) is 9.80 Å². The third-order valence-corrected chi connectivity index (χ3v) is 7.39. The van der Waals surface area contributed by atoms with Crippen LogP contribution in [0.5, 0.6) is 11.5 Å². The summed E-state index contributed by atoms with van der Waals surface area (Å²) in [6.07, 6.45) is 1.53. The number of para-hydroxylation sites is 1. The van der Waals surface area contributed by atoms with E-state index in [4.69, 9.17) is 14.6 Å². The van der Waals surface area contributed by atoms with Gasteiger partial charge in [0.25, 0.3) is 11.1 Å². The Balaban J connectivity index is 1.42. The molecule has 0 bridgehead atoms. The number of ether oxygens (including phenoxy) is 2. The van der Waals surface area contributed by atoms with Crippen LogP contribution in [0.3, 0.4) is 0 Å². The number of amides is 3. The fourth-order valence-electron chi connectivity index (χ4n) is 4.08. The largest absolute Gasteiger partial charge is 0.490 e. The van der Waals surface area contributed by atoms with E-state index in [1.807, 2.05) is 30.3 Å². The number of hydrogen-bond acceptors (Lipinski definition) is 8. The van der Waals surface area contributed by atoms with Crippen molar-refractivity contribution in [1.29, 1.82) is 0 Å². The van der Waals surface area contributed by atoms with Gasteiger partial charge in [-0.1, -0.05) is 18.2 Å². The number of nitrogens with zero attached hydrogens (tertiary/aromatic N) is 3. The molecule has 12 heteroatoms. The predicted molar refractivity (Wildman–Crippen MR) is 146 cm³/mol. The Morgan fingerprint density at radius 3 is 2.45 bits per heavy atom. The van der Waals surface area contributed by atoms with Crippen molar-refractivity contribution in [2.24, 2.45) is 0 Å². The number of anilines is 1. The number of carbonyl (C=O) groups excluding carboxylic acids is 3. The molecular formula is C26H26BrN3O7S. The van der Waals surface area contributed by atoms with Crippen LogP contribution in [0.1, 0.15) is 12.5 Å². The number of carboxylic acids is 1. The van der Waals surface area contributed by atoms with Crippen LogP contribution < -0.4 is 14.4 Å². The van der Waals surface area contributed by atoms with Gasteiger partial charge >= 0.3 is 5.97 Å². The second-order valence-corrected chi connectivity index (χ2v) is 10.3. The van der Waals surface area contributed by atoms with Gasteiger partial charge in [-0.2, -0.15) is 0 Å². The number of thioether (sulfide) groups is 1. The summed E-state index contributed by atoms with van der Waals surface area (Å²) < 4.78 is 11.3. The fraction of sp³-hybridized carbons (Fsp3) is 0.308. The molecular weight excluding hydrogens is 578 g/mol. The molecule has 0 unspecified atom stereocenters. The summed E-state index contributed by atoms with van der Waals surface area (Å²) in [6, 6.07) is 13.2. The van der Waals surface area contributed by atoms with E-state index in [9.17, 15) is 19.2 Å². The molecule has 2 fully saturated rings. The van der Waals surface area contributed by atoms with Gasteiger partial charge in [-0.15, -0.1) is 0 Å². The van der Waals surface area contributed by atoms with Crippen LogP contribution in [-0.4, -0.2) is 83.9 Å². The maximum absolute atomic E-state index is 13.0. The van der Waals surface area contributed by atoms with Gasteiger partial charge in [-0.05, 0) is 70.5 Å². The minimum Gasteiger partial charge on any atom is -0.490 e. The summed E-state index contributed by atoms with van der Waals surface area (Å²) >= 11 is 4.11. The van der Waals surface area contributed by atoms with Crippen molar-refractivity contribution in [2.45, 2.75) is 6.92 Å². The zero-order valence-electron chi connectivity index (χ0n) is 20.6. The summed E-state index contributed by atoms with van der Waals surface area (Å²) in [6.45, 7) is 3.55. The van der Waals surface area contributed by atoms with Crippen LogP contribution in [0.2, 0.25) is 0 Å². The van der Waals surface area contributed by atoms with Crippen molar-refractivity contribution in [3.63, 3.8) is 0 Å². The van der Waals surface area contributed by atoms with Crippen molar-refractivity contribution in [3.05, 3.63) is 57.4 Å². The molecule has 2 heterocycles. The molecule has 10 nitrogen and oxygen atoms in total. The molecule has 2 aliphatic rings. The number of carboxylic acid groups (broad SMARTS) is 1. The summed E-state index contributed by atoms with van der Waals surface area (Å²) in [7, 11) is 0. The number of benzene rings is 2. The van der Waals surface area contributed by atoms with E-state index in [-0.39, 0.29) is 23.1 Å². The minimum atomic E-state index is -1.13. The Kier molecular flexibility index (Phi) is 8.95. The van der Waals surface area contributed by atoms with Gasteiger partial charge in [0.2, 0.25) is 5.91 Å². The third-order valence-electron chi connectivity index (χ3n) is 5.89. The van der Waals surface area contributed by atoms with Crippen LogP contribution in [-0.2, 0) is 14.4 Å². The Morgan fingerprint density at radius 2 is 1.79 bits per heavy atom. The molecule has 1 N–H and O–H groups in total. The SMILES string of the molecule is CCOc1cc(/C=C2/SC(=O)N(CC(=O)N3CCN(c4ccccc4)CC3)C2=O)cc(Br)c1OCC(=O)O. The Bertz CT molecular complexity index is 1260. The first-order chi connectivity index (χ1) is 18.3. The standard InChI is InChI=1S/C26H26BrN3O7S/c1-2-36-20-13-17(12-19(27)24(20)37-16-23(32)33)14-21-25(34)30(26(35)38-21)15-22(31)29-10-8-28(9-11-29)18-6-4-3-5-7-18/h3-7,12-14H,2,8-11,15-16H2,1H3,(H,32,33)/b21-14+. The molecule has 0 atom stereocenters. The normalized spacial score (nSPS) is 16.8. The average Bonchev–Trinajstić information content (AvgIpc) is 3.16. The minimum absolute atomic E-state index is 0.172. The molecule has 2 aromatic carbocycles. The van der Waals surface area contributed by atoms with Gasteiger partial charge in [-0.3, -0.25) is 19.3 Å². The molecule has 2 saturated heterocycles. The average molecular weight is 604 g/mol. The first-order valence-electron chi connectivity index (χ1n) is 11.9. The molecule has 2 aromatic rings. The number of carbonyl (C=O) groups is 4. The highest BCUT2D eigenvalue weighted by atomic mass is 79.9. The van der Waals surface area contributed by atoms with Crippen molar-refractivity contribution in [2.75, 3.05) is 50.8 Å². The van der Waals surface area contributed by atoms with Crippen LogP contribution in [0.25, 0.3) is 6.08 Å². The number of piperazine rings is 1. The van der Waals surface area contributed by atoms with Gasteiger partial charge in [0.05, 0.1) is 16.0 Å². The van der Waals surface area contributed by atoms with Crippen LogP contribution in [0, 0.1) is 0 Å². The molecule has 0 aromatic heterocycles. The van der Waals surface area contributed by atoms with Crippen LogP contribution in [0.15, 0.2) is 51.8 Å². The lowest BCUT2D eigenvalue weighted by Crippen LogP contribution is -2.51. The number of aliphatic carboxylic acids is 1. The number of rotatable bonds is 9. The molecule has 3 amide bonds. The van der Waals surface area contributed by atoms with E-state index in [1.165, 1.54) is 6.08 Å². The molecule has 0 spiro atoms. The number of halogens is 1. The molecule has 0 saturated carbocycles. The lowest BCUT2D eigenvalue weighted by atomic mass is 10.2. The topological polar surface area (TPSA) is 117 Å². The van der Waals surface area contributed by atoms with Crippen molar-refractivity contribution < 1.29 is 33.8 Å². The zero-order chi connectivity index (χ0) is 27.2. The maximum Gasteiger partial charge on any atom is 0.341 e. The Morgan fingerprint density at radius 1 is 1.08 bits per heavy atom. The summed E-state index contributed by atoms with van der Waals surface area (Å²) in [4.78, 5) is 54.5. The summed E-state index contributed by atoms with van der Waals surface area (Å²) in [5, 5.41) is 8.41. The number of hydrogen-bond donors (Lipinski definition) is 1. The monoisotopic (exact) mass is 603 g/mol. The van der Waals surface area contributed by atoms with E-state index in [1.54, 1.807) is 24.0 Å². The first-order valence-corrected chi connectivity index (χ1v) is 13.5. The second-order valence-electron chi connectivity index (χ2n) is 8.42. The van der Waals surface area contributed by atoms with Gasteiger partial charge in [0.15, 0.2) is 18.1 Å². The van der Waals surface area contributed by atoms with Gasteiger partial charge in [0, 0.05) is 31.9 Å². The van der Waals surface area contributed by atoms with Gasteiger partial charge in [0.1, 0.15) is 6.54 Å². The van der Waals surface area contributed by atoms with E-state index >= 15 is 0 Å². The van der Waals surface area contributed by atoms with Crippen LogP contribution in [0.4, 0.5) is 10.5 Å². The Labute approximate surface area is 232 Å². The quantitative estimate of drug-likeness (QED) is 0.428. The summed E-state index contributed by atoms with van der Waals surface area (Å²) in [5.74, 6) is -1.44. The lowest BCUT2D eigenvalue weighted by Gasteiger charge is -2.36. The third kappa shape index (κ3) is 6.48. The van der Waals surface area contributed by atoms with E-state index < -0.39 is 23.7 Å². The first kappa shape index (κ1) is 27.5. The highest BCUT2D eigenvalue weighted by molar-refractivity contribution is 9.10. The van der Waals surface area contributed by atoms with E-state index in [0.717, 1.165) is 22.3 Å². The second kappa shape index (κ2) is 12.4. The predicted octanol–water partition coefficient (Wildman–Crippen LogP) is 3.70. The fourth-order valence-corrected chi connectivity index (χ4v) is 5.50. The molecule has 38 heavy (non-hydrogen) atoms. The highest BCUT2D eigenvalue weighted by Crippen LogP contribution is 2.39. The molecule has 0 radical (unpaired) electrons. The zero-order valence-corrected chi connectivity index (χ0v) is 23.0. The number of imide groups is 1.